The second-order valence-corrected chi connectivity index (χ2v) is 9.70. The normalized spacial score (nSPS) is 20.2. The van der Waals surface area contributed by atoms with Gasteiger partial charge in [-0.1, -0.05) is 48.5 Å². The highest BCUT2D eigenvalue weighted by molar-refractivity contribution is 5.71. The lowest BCUT2D eigenvalue weighted by Crippen LogP contribution is -2.62. The molecule has 3 aromatic rings. The molecule has 1 unspecified atom stereocenters. The minimum absolute atomic E-state index is 0.000770. The van der Waals surface area contributed by atoms with Crippen LogP contribution in [0.1, 0.15) is 37.8 Å². The van der Waals surface area contributed by atoms with Crippen LogP contribution in [0.15, 0.2) is 72.8 Å². The molecule has 1 N–H and O–H groups in total. The van der Waals surface area contributed by atoms with Crippen LogP contribution in [0, 0.1) is 5.82 Å². The molecule has 3 aromatic carbocycles. The van der Waals surface area contributed by atoms with Gasteiger partial charge in [-0.15, -0.1) is 0 Å². The number of halogens is 1. The number of methoxy groups -OCH3 is 1. The molecule has 1 fully saturated rings. The topological polar surface area (TPSA) is 33.7 Å². The molecule has 172 valence electrons. The van der Waals surface area contributed by atoms with E-state index in [9.17, 15) is 4.39 Å². The minimum Gasteiger partial charge on any atom is -0.497 e. The van der Waals surface area contributed by atoms with Gasteiger partial charge in [0.1, 0.15) is 11.9 Å². The molecule has 0 radical (unpaired) electrons. The molecule has 0 aliphatic carbocycles. The van der Waals surface area contributed by atoms with Crippen molar-refractivity contribution in [2.24, 2.45) is 0 Å². The Morgan fingerprint density at radius 1 is 1.03 bits per heavy atom. The van der Waals surface area contributed by atoms with Crippen molar-refractivity contribution < 1.29 is 13.9 Å². The number of fused-ring (bicyclic) bond motifs is 1. The summed E-state index contributed by atoms with van der Waals surface area (Å²) in [5.74, 6) is 0.505. The SMILES string of the molecule is COc1ccc(F)c(OC2CN(C(C)(C)CCC3(c4ccccc4)Nc4ccccc43)C2)c1. The highest BCUT2D eigenvalue weighted by Gasteiger charge is 2.46. The van der Waals surface area contributed by atoms with Gasteiger partial charge in [0.2, 0.25) is 0 Å². The van der Waals surface area contributed by atoms with Crippen LogP contribution < -0.4 is 14.8 Å². The lowest BCUT2D eigenvalue weighted by molar-refractivity contribution is -0.0481. The molecular formula is C28H31FN2O2. The van der Waals surface area contributed by atoms with Gasteiger partial charge in [0.25, 0.3) is 0 Å². The molecule has 2 aliphatic heterocycles. The monoisotopic (exact) mass is 446 g/mol. The molecule has 2 heterocycles. The summed E-state index contributed by atoms with van der Waals surface area (Å²) in [6, 6.07) is 23.9. The van der Waals surface area contributed by atoms with E-state index in [0.29, 0.717) is 5.75 Å². The Morgan fingerprint density at radius 2 is 1.76 bits per heavy atom. The molecule has 2 aliphatic rings. The number of nitrogens with zero attached hydrogens (tertiary/aromatic N) is 1. The van der Waals surface area contributed by atoms with E-state index in [-0.39, 0.29) is 28.7 Å². The van der Waals surface area contributed by atoms with Crippen molar-refractivity contribution >= 4 is 5.69 Å². The summed E-state index contributed by atoms with van der Waals surface area (Å²) in [6.45, 7) is 6.15. The Bertz CT molecular complexity index is 1130. The largest absolute Gasteiger partial charge is 0.497 e. The third-order valence-electron chi connectivity index (χ3n) is 7.25. The number of nitrogens with one attached hydrogen (secondary N) is 1. The number of hydrogen-bond donors (Lipinski definition) is 1. The van der Waals surface area contributed by atoms with Gasteiger partial charge in [-0.3, -0.25) is 4.90 Å². The van der Waals surface area contributed by atoms with E-state index >= 15 is 0 Å². The summed E-state index contributed by atoms with van der Waals surface area (Å²) in [5.41, 5.74) is 3.74. The van der Waals surface area contributed by atoms with Crippen molar-refractivity contribution in [3.8, 4) is 11.5 Å². The number of hydrogen-bond acceptors (Lipinski definition) is 4. The molecule has 0 bridgehead atoms. The number of para-hydroxylation sites is 1. The molecule has 1 saturated heterocycles. The smallest absolute Gasteiger partial charge is 0.165 e. The van der Waals surface area contributed by atoms with E-state index < -0.39 is 0 Å². The van der Waals surface area contributed by atoms with Gasteiger partial charge in [-0.05, 0) is 50.5 Å². The summed E-state index contributed by atoms with van der Waals surface area (Å²) < 4.78 is 25.3. The number of benzene rings is 3. The summed E-state index contributed by atoms with van der Waals surface area (Å²) in [7, 11) is 1.57. The Balaban J connectivity index is 1.25. The quantitative estimate of drug-likeness (QED) is 0.472. The van der Waals surface area contributed by atoms with Crippen LogP contribution in [0.2, 0.25) is 0 Å². The first-order valence-corrected chi connectivity index (χ1v) is 11.6. The first-order valence-electron chi connectivity index (χ1n) is 11.6. The molecule has 0 aromatic heterocycles. The maximum atomic E-state index is 14.1. The molecule has 5 rings (SSSR count). The predicted octanol–water partition coefficient (Wildman–Crippen LogP) is 5.83. The summed E-state index contributed by atoms with van der Waals surface area (Å²) in [4.78, 5) is 2.43. The molecule has 4 nitrogen and oxygen atoms in total. The van der Waals surface area contributed by atoms with Crippen LogP contribution in [0.3, 0.4) is 0 Å². The van der Waals surface area contributed by atoms with E-state index in [4.69, 9.17) is 9.47 Å². The van der Waals surface area contributed by atoms with Crippen LogP contribution in [0.5, 0.6) is 11.5 Å². The van der Waals surface area contributed by atoms with Crippen molar-refractivity contribution in [3.63, 3.8) is 0 Å². The lowest BCUT2D eigenvalue weighted by Gasteiger charge is -2.52. The second kappa shape index (κ2) is 8.38. The van der Waals surface area contributed by atoms with Crippen molar-refractivity contribution in [1.82, 2.24) is 4.90 Å². The maximum Gasteiger partial charge on any atom is 0.165 e. The number of anilines is 1. The van der Waals surface area contributed by atoms with Crippen LogP contribution in [0.4, 0.5) is 10.1 Å². The fourth-order valence-electron chi connectivity index (χ4n) is 5.03. The van der Waals surface area contributed by atoms with Crippen molar-refractivity contribution in [1.29, 1.82) is 0 Å². The molecule has 1 atom stereocenters. The fourth-order valence-corrected chi connectivity index (χ4v) is 5.03. The number of rotatable bonds is 8. The Labute approximate surface area is 195 Å². The second-order valence-electron chi connectivity index (χ2n) is 9.70. The van der Waals surface area contributed by atoms with Gasteiger partial charge in [0, 0.05) is 35.9 Å². The Kier molecular flexibility index (Phi) is 5.53. The minimum atomic E-state index is -0.354. The molecule has 0 amide bonds. The van der Waals surface area contributed by atoms with Gasteiger partial charge in [-0.2, -0.15) is 0 Å². The molecule has 0 saturated carbocycles. The Morgan fingerprint density at radius 3 is 2.48 bits per heavy atom. The standard InChI is InChI=1S/C28H31FN2O2/c1-27(2,31-18-22(19-31)33-26-17-21(32-3)13-14-24(26)29)15-16-28(20-9-5-4-6-10-20)23-11-7-8-12-25(23)30-28/h4-14,17,22,30H,15-16,18-19H2,1-3H3. The first kappa shape index (κ1) is 21.8. The zero-order valence-corrected chi connectivity index (χ0v) is 19.5. The highest BCUT2D eigenvalue weighted by Crippen LogP contribution is 2.50. The summed E-state index contributed by atoms with van der Waals surface area (Å²) in [6.07, 6.45) is 1.99. The van der Waals surface area contributed by atoms with E-state index in [2.05, 4.69) is 78.7 Å². The number of ether oxygens (including phenoxy) is 2. The van der Waals surface area contributed by atoms with E-state index in [1.807, 2.05) is 0 Å². The molecule has 0 spiro atoms. The fraction of sp³-hybridized carbons (Fsp3) is 0.357. The van der Waals surface area contributed by atoms with Crippen molar-refractivity contribution in [2.75, 3.05) is 25.5 Å². The van der Waals surface area contributed by atoms with Gasteiger partial charge in [0.15, 0.2) is 11.6 Å². The number of likely N-dealkylation sites (tertiary alicyclic amines) is 1. The average Bonchev–Trinajstić information content (AvgIpc) is 2.78. The van der Waals surface area contributed by atoms with Crippen LogP contribution in [-0.4, -0.2) is 36.7 Å². The van der Waals surface area contributed by atoms with Crippen LogP contribution in [0.25, 0.3) is 0 Å². The summed E-state index contributed by atoms with van der Waals surface area (Å²) >= 11 is 0. The lowest BCUT2D eigenvalue weighted by atomic mass is 9.71. The van der Waals surface area contributed by atoms with Crippen LogP contribution >= 0.6 is 0 Å². The highest BCUT2D eigenvalue weighted by atomic mass is 19.1. The van der Waals surface area contributed by atoms with Gasteiger partial charge in [0.05, 0.1) is 12.6 Å². The van der Waals surface area contributed by atoms with Gasteiger partial charge >= 0.3 is 0 Å². The van der Waals surface area contributed by atoms with E-state index in [0.717, 1.165) is 25.9 Å². The third-order valence-corrected chi connectivity index (χ3v) is 7.25. The zero-order chi connectivity index (χ0) is 23.1. The average molecular weight is 447 g/mol. The first-order chi connectivity index (χ1) is 15.9. The molecule has 33 heavy (non-hydrogen) atoms. The molecule has 5 heteroatoms. The van der Waals surface area contributed by atoms with Crippen molar-refractivity contribution in [2.45, 2.75) is 43.9 Å². The van der Waals surface area contributed by atoms with Crippen LogP contribution in [-0.2, 0) is 5.54 Å². The zero-order valence-electron chi connectivity index (χ0n) is 19.5. The third kappa shape index (κ3) is 3.95. The maximum absolute atomic E-state index is 14.1. The Hall–Kier alpha value is -3.05. The van der Waals surface area contributed by atoms with E-state index in [1.165, 1.54) is 22.9 Å². The predicted molar refractivity (Wildman–Crippen MR) is 130 cm³/mol. The van der Waals surface area contributed by atoms with Gasteiger partial charge in [-0.25, -0.2) is 4.39 Å². The summed E-state index contributed by atoms with van der Waals surface area (Å²) in [5, 5.41) is 3.76. The van der Waals surface area contributed by atoms with E-state index in [1.54, 1.807) is 19.2 Å². The molecular weight excluding hydrogens is 415 g/mol. The van der Waals surface area contributed by atoms with Crippen molar-refractivity contribution in [3.05, 3.63) is 89.7 Å². The van der Waals surface area contributed by atoms with Gasteiger partial charge < -0.3 is 14.8 Å².